The number of Topliss-reactive ketones (excluding diaryl/α,β-unsaturated/α-hetero) is 1. The second-order valence-electron chi connectivity index (χ2n) is 5.29. The molecule has 2 rings (SSSR count). The molecule has 4 heteroatoms. The quantitative estimate of drug-likeness (QED) is 0.616. The Kier molecular flexibility index (Phi) is 5.64. The van der Waals surface area contributed by atoms with Gasteiger partial charge in [-0.25, -0.2) is 0 Å². The van der Waals surface area contributed by atoms with Gasteiger partial charge in [0.1, 0.15) is 0 Å². The molecule has 20 heavy (non-hydrogen) atoms. The van der Waals surface area contributed by atoms with Gasteiger partial charge in [0.25, 0.3) is 0 Å². The largest absolute Gasteiger partial charge is 0.376 e. The molecular weight excluding hydrogens is 270 g/mol. The molecule has 1 aliphatic heterocycles. The maximum absolute atomic E-state index is 12.4. The van der Waals surface area contributed by atoms with Gasteiger partial charge in [-0.05, 0) is 31.7 Å². The van der Waals surface area contributed by atoms with Crippen LogP contribution in [-0.4, -0.2) is 48.8 Å². The van der Waals surface area contributed by atoms with Crippen LogP contribution in [-0.2, 0) is 4.74 Å². The van der Waals surface area contributed by atoms with Crippen molar-refractivity contribution in [3.8, 4) is 0 Å². The third-order valence-corrected chi connectivity index (χ3v) is 4.55. The van der Waals surface area contributed by atoms with Crippen LogP contribution in [0.4, 0.5) is 0 Å². The fourth-order valence-electron chi connectivity index (χ4n) is 2.54. The fourth-order valence-corrected chi connectivity index (χ4v) is 2.94. The second-order valence-corrected chi connectivity index (χ2v) is 6.17. The van der Waals surface area contributed by atoms with Gasteiger partial charge in [-0.1, -0.05) is 19.1 Å². The maximum atomic E-state index is 12.4. The molecule has 0 aliphatic carbocycles. The highest BCUT2D eigenvalue weighted by molar-refractivity contribution is 7.98. The first-order valence-corrected chi connectivity index (χ1v) is 8.39. The predicted molar refractivity (Wildman–Crippen MR) is 83.6 cm³/mol. The molecule has 110 valence electrons. The number of rotatable bonds is 5. The van der Waals surface area contributed by atoms with Gasteiger partial charge in [0.05, 0.1) is 19.3 Å². The van der Waals surface area contributed by atoms with E-state index >= 15 is 0 Å². The molecule has 1 aromatic rings. The van der Waals surface area contributed by atoms with Crippen molar-refractivity contribution in [1.82, 2.24) is 4.90 Å². The minimum atomic E-state index is 0.199. The highest BCUT2D eigenvalue weighted by Crippen LogP contribution is 2.18. The first-order chi connectivity index (χ1) is 9.63. The van der Waals surface area contributed by atoms with Gasteiger partial charge >= 0.3 is 0 Å². The van der Waals surface area contributed by atoms with Crippen molar-refractivity contribution in [3.05, 3.63) is 29.8 Å². The molecule has 1 aliphatic rings. The van der Waals surface area contributed by atoms with Crippen molar-refractivity contribution in [1.29, 1.82) is 0 Å². The Labute approximate surface area is 125 Å². The van der Waals surface area contributed by atoms with Crippen LogP contribution in [0.25, 0.3) is 0 Å². The maximum Gasteiger partial charge on any atom is 0.176 e. The van der Waals surface area contributed by atoms with Gasteiger partial charge in [0.2, 0.25) is 0 Å². The molecule has 3 nitrogen and oxygen atoms in total. The highest BCUT2D eigenvalue weighted by atomic mass is 32.2. The van der Waals surface area contributed by atoms with Crippen LogP contribution in [0.3, 0.4) is 0 Å². The SMILES string of the molecule is CCC1COC(C)CN1CC(=O)c1ccc(SC)cc1. The minimum absolute atomic E-state index is 0.199. The van der Waals surface area contributed by atoms with Crippen molar-refractivity contribution < 1.29 is 9.53 Å². The zero-order valence-corrected chi connectivity index (χ0v) is 13.3. The molecule has 0 amide bonds. The summed E-state index contributed by atoms with van der Waals surface area (Å²) in [4.78, 5) is 15.8. The van der Waals surface area contributed by atoms with E-state index in [9.17, 15) is 4.79 Å². The van der Waals surface area contributed by atoms with Crippen LogP contribution in [0.5, 0.6) is 0 Å². The van der Waals surface area contributed by atoms with E-state index in [1.165, 1.54) is 4.90 Å². The van der Waals surface area contributed by atoms with E-state index in [0.29, 0.717) is 12.6 Å². The normalized spacial score (nSPS) is 23.8. The van der Waals surface area contributed by atoms with Gasteiger partial charge in [-0.15, -0.1) is 11.8 Å². The smallest absolute Gasteiger partial charge is 0.176 e. The standard InChI is InChI=1S/C16H23NO2S/c1-4-14-11-19-12(2)9-17(14)10-16(18)13-5-7-15(20-3)8-6-13/h5-8,12,14H,4,9-11H2,1-3H3. The number of ketones is 1. The number of hydrogen-bond acceptors (Lipinski definition) is 4. The Balaban J connectivity index is 2.01. The lowest BCUT2D eigenvalue weighted by molar-refractivity contribution is -0.0523. The van der Waals surface area contributed by atoms with Crippen LogP contribution >= 0.6 is 11.8 Å². The number of carbonyl (C=O) groups is 1. The summed E-state index contributed by atoms with van der Waals surface area (Å²) in [5.74, 6) is 0.199. The Morgan fingerprint density at radius 2 is 2.10 bits per heavy atom. The number of ether oxygens (including phenoxy) is 1. The topological polar surface area (TPSA) is 29.5 Å². The van der Waals surface area contributed by atoms with Gasteiger partial charge in [-0.2, -0.15) is 0 Å². The monoisotopic (exact) mass is 293 g/mol. The summed E-state index contributed by atoms with van der Waals surface area (Å²) in [7, 11) is 0. The van der Waals surface area contributed by atoms with Crippen molar-refractivity contribution in [3.63, 3.8) is 0 Å². The first kappa shape index (κ1) is 15.5. The van der Waals surface area contributed by atoms with Gasteiger partial charge in [-0.3, -0.25) is 9.69 Å². The Morgan fingerprint density at radius 3 is 2.70 bits per heavy atom. The zero-order valence-electron chi connectivity index (χ0n) is 12.5. The lowest BCUT2D eigenvalue weighted by Crippen LogP contribution is -2.50. The Hall–Kier alpha value is -0.840. The molecule has 1 heterocycles. The van der Waals surface area contributed by atoms with Crippen LogP contribution < -0.4 is 0 Å². The molecular formula is C16H23NO2S. The van der Waals surface area contributed by atoms with E-state index in [2.05, 4.69) is 18.7 Å². The molecule has 0 aromatic heterocycles. The minimum Gasteiger partial charge on any atom is -0.376 e. The third-order valence-electron chi connectivity index (χ3n) is 3.81. The van der Waals surface area contributed by atoms with Crippen LogP contribution in [0.15, 0.2) is 29.2 Å². The summed E-state index contributed by atoms with van der Waals surface area (Å²) < 4.78 is 5.67. The van der Waals surface area contributed by atoms with E-state index < -0.39 is 0 Å². The molecule has 2 unspecified atom stereocenters. The average molecular weight is 293 g/mol. The number of benzene rings is 1. The molecule has 1 saturated heterocycles. The third kappa shape index (κ3) is 3.84. The summed E-state index contributed by atoms with van der Waals surface area (Å²) in [5.41, 5.74) is 0.803. The van der Waals surface area contributed by atoms with Gasteiger partial charge in [0.15, 0.2) is 5.78 Å². The molecule has 1 aromatic carbocycles. The number of hydrogen-bond donors (Lipinski definition) is 0. The fraction of sp³-hybridized carbons (Fsp3) is 0.562. The summed E-state index contributed by atoms with van der Waals surface area (Å²) >= 11 is 1.69. The van der Waals surface area contributed by atoms with Gasteiger partial charge < -0.3 is 4.74 Å². The molecule has 0 radical (unpaired) electrons. The van der Waals surface area contributed by atoms with Gasteiger partial charge in [0, 0.05) is 23.0 Å². The van der Waals surface area contributed by atoms with Crippen molar-refractivity contribution in [2.45, 2.75) is 37.3 Å². The molecule has 0 N–H and O–H groups in total. The summed E-state index contributed by atoms with van der Waals surface area (Å²) in [6, 6.07) is 8.24. The molecule has 0 spiro atoms. The highest BCUT2D eigenvalue weighted by Gasteiger charge is 2.27. The predicted octanol–water partition coefficient (Wildman–Crippen LogP) is 3.09. The molecule has 0 bridgehead atoms. The summed E-state index contributed by atoms with van der Waals surface area (Å²) in [6.07, 6.45) is 3.27. The van der Waals surface area contributed by atoms with E-state index in [1.54, 1.807) is 11.8 Å². The Bertz CT molecular complexity index is 446. The van der Waals surface area contributed by atoms with Crippen LogP contribution in [0.1, 0.15) is 30.6 Å². The number of thioether (sulfide) groups is 1. The number of nitrogens with zero attached hydrogens (tertiary/aromatic N) is 1. The van der Waals surface area contributed by atoms with E-state index in [0.717, 1.165) is 25.1 Å². The van der Waals surface area contributed by atoms with Crippen LogP contribution in [0.2, 0.25) is 0 Å². The molecule has 1 fully saturated rings. The van der Waals surface area contributed by atoms with Crippen molar-refractivity contribution in [2.24, 2.45) is 0 Å². The first-order valence-electron chi connectivity index (χ1n) is 7.17. The lowest BCUT2D eigenvalue weighted by atomic mass is 10.1. The van der Waals surface area contributed by atoms with Crippen molar-refractivity contribution in [2.75, 3.05) is 26.0 Å². The number of morpholine rings is 1. The zero-order chi connectivity index (χ0) is 14.5. The average Bonchev–Trinajstić information content (AvgIpc) is 2.47. The molecule has 2 atom stereocenters. The van der Waals surface area contributed by atoms with E-state index in [1.807, 2.05) is 30.5 Å². The van der Waals surface area contributed by atoms with Crippen molar-refractivity contribution >= 4 is 17.5 Å². The number of carbonyl (C=O) groups excluding carboxylic acids is 1. The summed E-state index contributed by atoms with van der Waals surface area (Å²) in [6.45, 7) is 6.28. The molecule has 0 saturated carbocycles. The van der Waals surface area contributed by atoms with Crippen LogP contribution in [0, 0.1) is 0 Å². The lowest BCUT2D eigenvalue weighted by Gasteiger charge is -2.37. The Morgan fingerprint density at radius 1 is 1.40 bits per heavy atom. The summed E-state index contributed by atoms with van der Waals surface area (Å²) in [5, 5.41) is 0. The van der Waals surface area contributed by atoms with E-state index in [-0.39, 0.29) is 11.9 Å². The second kappa shape index (κ2) is 7.25. The van der Waals surface area contributed by atoms with E-state index in [4.69, 9.17) is 4.74 Å².